The Morgan fingerprint density at radius 1 is 1.24 bits per heavy atom. The number of alkyl halides is 3. The summed E-state index contributed by atoms with van der Waals surface area (Å²) in [5.41, 5.74) is 6.47. The Bertz CT molecular complexity index is 534. The summed E-state index contributed by atoms with van der Waals surface area (Å²) < 4.78 is 45.5. The van der Waals surface area contributed by atoms with Gasteiger partial charge in [-0.15, -0.1) is 37.1 Å². The van der Waals surface area contributed by atoms with Crippen molar-refractivity contribution in [3.8, 4) is 5.75 Å². The van der Waals surface area contributed by atoms with Gasteiger partial charge in [-0.3, -0.25) is 0 Å². The Labute approximate surface area is 162 Å². The van der Waals surface area contributed by atoms with Crippen LogP contribution >= 0.6 is 24.0 Å². The van der Waals surface area contributed by atoms with E-state index in [2.05, 4.69) is 15.0 Å². The SMILES string of the molecule is I.NC(=NCc1ccc(OC(F)(F)F)cc1)NCCCOCC1CC1. The minimum Gasteiger partial charge on any atom is -0.406 e. The van der Waals surface area contributed by atoms with Gasteiger partial charge in [0.15, 0.2) is 5.96 Å². The zero-order valence-electron chi connectivity index (χ0n) is 13.7. The summed E-state index contributed by atoms with van der Waals surface area (Å²) >= 11 is 0. The molecule has 5 nitrogen and oxygen atoms in total. The summed E-state index contributed by atoms with van der Waals surface area (Å²) in [4.78, 5) is 4.13. The Morgan fingerprint density at radius 3 is 2.52 bits per heavy atom. The molecule has 25 heavy (non-hydrogen) atoms. The molecule has 1 fully saturated rings. The average molecular weight is 473 g/mol. The van der Waals surface area contributed by atoms with Crippen LogP contribution in [0, 0.1) is 5.92 Å². The lowest BCUT2D eigenvalue weighted by Crippen LogP contribution is -2.32. The molecule has 0 aromatic heterocycles. The number of guanidine groups is 1. The van der Waals surface area contributed by atoms with Crippen molar-refractivity contribution in [1.82, 2.24) is 5.32 Å². The third-order valence-electron chi connectivity index (χ3n) is 3.41. The molecule has 1 aliphatic carbocycles. The highest BCUT2D eigenvalue weighted by molar-refractivity contribution is 14.0. The number of benzene rings is 1. The highest BCUT2D eigenvalue weighted by Crippen LogP contribution is 2.28. The van der Waals surface area contributed by atoms with E-state index in [1.54, 1.807) is 0 Å². The first-order chi connectivity index (χ1) is 11.4. The van der Waals surface area contributed by atoms with Gasteiger partial charge in [-0.1, -0.05) is 12.1 Å². The van der Waals surface area contributed by atoms with Crippen molar-refractivity contribution < 1.29 is 22.6 Å². The van der Waals surface area contributed by atoms with Crippen LogP contribution < -0.4 is 15.8 Å². The van der Waals surface area contributed by atoms with Crippen molar-refractivity contribution in [1.29, 1.82) is 0 Å². The minimum absolute atomic E-state index is 0. The van der Waals surface area contributed by atoms with E-state index in [4.69, 9.17) is 10.5 Å². The Balaban J connectivity index is 0.00000312. The standard InChI is InChI=1S/C16H22F3N3O2.HI/c17-16(18,19)24-14-6-4-12(5-7-14)10-22-15(20)21-8-1-9-23-11-13-2-3-13;/h4-7,13H,1-3,8-11H2,(H3,20,21,22);1H. The zero-order chi connectivity index (χ0) is 17.4. The van der Waals surface area contributed by atoms with Gasteiger partial charge in [0, 0.05) is 19.8 Å². The van der Waals surface area contributed by atoms with E-state index in [9.17, 15) is 13.2 Å². The molecule has 0 heterocycles. The van der Waals surface area contributed by atoms with Gasteiger partial charge in [-0.2, -0.15) is 0 Å². The molecule has 1 aromatic carbocycles. The number of nitrogens with two attached hydrogens (primary N) is 1. The number of ether oxygens (including phenoxy) is 2. The van der Waals surface area contributed by atoms with Gasteiger partial charge in [-0.25, -0.2) is 4.99 Å². The smallest absolute Gasteiger partial charge is 0.406 e. The average Bonchev–Trinajstić information content (AvgIpc) is 3.33. The molecule has 0 amide bonds. The van der Waals surface area contributed by atoms with E-state index in [0.29, 0.717) is 19.1 Å². The topological polar surface area (TPSA) is 68.9 Å². The maximum absolute atomic E-state index is 12.1. The fraction of sp³-hybridized carbons (Fsp3) is 0.562. The summed E-state index contributed by atoms with van der Waals surface area (Å²) in [6.07, 6.45) is -1.29. The summed E-state index contributed by atoms with van der Waals surface area (Å²) in [5.74, 6) is 0.804. The molecule has 0 bridgehead atoms. The van der Waals surface area contributed by atoms with Crippen LogP contribution in [0.3, 0.4) is 0 Å². The van der Waals surface area contributed by atoms with E-state index in [1.807, 2.05) is 0 Å². The molecule has 2 rings (SSSR count). The van der Waals surface area contributed by atoms with Crippen LogP contribution in [-0.4, -0.2) is 32.1 Å². The molecule has 1 saturated carbocycles. The van der Waals surface area contributed by atoms with Crippen molar-refractivity contribution >= 4 is 29.9 Å². The molecule has 0 aliphatic heterocycles. The first-order valence-electron chi connectivity index (χ1n) is 7.88. The van der Waals surface area contributed by atoms with Gasteiger partial charge in [0.25, 0.3) is 0 Å². The summed E-state index contributed by atoms with van der Waals surface area (Å²) in [6.45, 7) is 2.48. The molecule has 0 radical (unpaired) electrons. The van der Waals surface area contributed by atoms with Gasteiger partial charge in [-0.05, 0) is 42.9 Å². The molecule has 1 aromatic rings. The molecule has 9 heteroatoms. The normalized spacial score (nSPS) is 14.8. The predicted octanol–water partition coefficient (Wildman–Crippen LogP) is 3.42. The number of nitrogens with zero attached hydrogens (tertiary/aromatic N) is 1. The highest BCUT2D eigenvalue weighted by Gasteiger charge is 2.30. The summed E-state index contributed by atoms with van der Waals surface area (Å²) in [6, 6.07) is 5.53. The number of rotatable bonds is 9. The summed E-state index contributed by atoms with van der Waals surface area (Å²) in [5, 5.41) is 2.97. The first-order valence-corrected chi connectivity index (χ1v) is 7.88. The monoisotopic (exact) mass is 473 g/mol. The van der Waals surface area contributed by atoms with Crippen LogP contribution in [0.4, 0.5) is 13.2 Å². The first kappa shape index (κ1) is 21.8. The van der Waals surface area contributed by atoms with Crippen molar-refractivity contribution in [2.75, 3.05) is 19.8 Å². The van der Waals surface area contributed by atoms with Crippen molar-refractivity contribution in [3.63, 3.8) is 0 Å². The fourth-order valence-electron chi connectivity index (χ4n) is 1.95. The maximum atomic E-state index is 12.1. The van der Waals surface area contributed by atoms with E-state index < -0.39 is 6.36 Å². The van der Waals surface area contributed by atoms with Crippen LogP contribution in [0.5, 0.6) is 5.75 Å². The van der Waals surface area contributed by atoms with Crippen molar-refractivity contribution in [2.45, 2.75) is 32.2 Å². The number of nitrogens with one attached hydrogen (secondary N) is 1. The predicted molar refractivity (Wildman–Crippen MR) is 100 cm³/mol. The molecule has 0 atom stereocenters. The molecule has 3 N–H and O–H groups in total. The van der Waals surface area contributed by atoms with E-state index >= 15 is 0 Å². The lowest BCUT2D eigenvalue weighted by molar-refractivity contribution is -0.274. The highest BCUT2D eigenvalue weighted by atomic mass is 127. The van der Waals surface area contributed by atoms with Gasteiger partial charge in [0.1, 0.15) is 5.75 Å². The van der Waals surface area contributed by atoms with Crippen LogP contribution in [0.2, 0.25) is 0 Å². The van der Waals surface area contributed by atoms with Crippen LogP contribution in [-0.2, 0) is 11.3 Å². The third-order valence-corrected chi connectivity index (χ3v) is 3.41. The Morgan fingerprint density at radius 2 is 1.92 bits per heavy atom. The van der Waals surface area contributed by atoms with Gasteiger partial charge in [0.2, 0.25) is 0 Å². The van der Waals surface area contributed by atoms with Crippen LogP contribution in [0.1, 0.15) is 24.8 Å². The molecule has 0 spiro atoms. The molecule has 0 unspecified atom stereocenters. The lowest BCUT2D eigenvalue weighted by Gasteiger charge is -2.09. The number of hydrogen-bond donors (Lipinski definition) is 2. The van der Waals surface area contributed by atoms with Crippen molar-refractivity contribution in [3.05, 3.63) is 29.8 Å². The molecular formula is C16H23F3IN3O2. The third kappa shape index (κ3) is 10.4. The Hall–Kier alpha value is -1.23. The van der Waals surface area contributed by atoms with Crippen LogP contribution in [0.15, 0.2) is 29.3 Å². The zero-order valence-corrected chi connectivity index (χ0v) is 16.1. The van der Waals surface area contributed by atoms with Gasteiger partial charge < -0.3 is 20.5 Å². The van der Waals surface area contributed by atoms with Gasteiger partial charge in [0.05, 0.1) is 6.54 Å². The molecule has 142 valence electrons. The minimum atomic E-state index is -4.68. The maximum Gasteiger partial charge on any atom is 0.573 e. The largest absolute Gasteiger partial charge is 0.573 e. The fourth-order valence-corrected chi connectivity index (χ4v) is 1.95. The van der Waals surface area contributed by atoms with E-state index in [-0.39, 0.29) is 36.3 Å². The van der Waals surface area contributed by atoms with E-state index in [0.717, 1.165) is 24.5 Å². The van der Waals surface area contributed by atoms with E-state index in [1.165, 1.54) is 37.1 Å². The van der Waals surface area contributed by atoms with Crippen LogP contribution in [0.25, 0.3) is 0 Å². The lowest BCUT2D eigenvalue weighted by atomic mass is 10.2. The molecular weight excluding hydrogens is 450 g/mol. The Kier molecular flexibility index (Phi) is 9.33. The number of halogens is 4. The molecule has 0 saturated heterocycles. The number of hydrogen-bond acceptors (Lipinski definition) is 3. The molecule has 1 aliphatic rings. The second-order valence-corrected chi connectivity index (χ2v) is 5.69. The van der Waals surface area contributed by atoms with Crippen molar-refractivity contribution in [2.24, 2.45) is 16.6 Å². The number of aliphatic imine (C=N–C) groups is 1. The second-order valence-electron chi connectivity index (χ2n) is 5.69. The summed E-state index contributed by atoms with van der Waals surface area (Å²) in [7, 11) is 0. The quantitative estimate of drug-likeness (QED) is 0.250. The second kappa shape index (κ2) is 10.7. The van der Waals surface area contributed by atoms with Gasteiger partial charge >= 0.3 is 6.36 Å².